The van der Waals surface area contributed by atoms with Crippen LogP contribution in [0, 0.1) is 6.92 Å². The lowest BCUT2D eigenvalue weighted by atomic mass is 10.1. The summed E-state index contributed by atoms with van der Waals surface area (Å²) in [5.74, 6) is 0. The Labute approximate surface area is 93.5 Å². The molecule has 1 rings (SSSR count). The third kappa shape index (κ3) is 3.31. The van der Waals surface area contributed by atoms with Crippen molar-refractivity contribution in [3.05, 3.63) is 28.2 Å². The molecule has 78 valence electrons. The molecule has 0 atom stereocenters. The minimum atomic E-state index is -0.686. The Kier molecular flexibility index (Phi) is 3.56. The van der Waals surface area contributed by atoms with Gasteiger partial charge in [-0.2, -0.15) is 0 Å². The lowest BCUT2D eigenvalue weighted by molar-refractivity contribution is 0.0945. The average Bonchev–Trinajstić information content (AvgIpc) is 2.06. The van der Waals surface area contributed by atoms with Gasteiger partial charge in [0.2, 0.25) is 0 Å². The third-order valence-corrected chi connectivity index (χ3v) is 2.84. The zero-order valence-electron chi connectivity index (χ0n) is 8.76. The molecule has 14 heavy (non-hydrogen) atoms. The first-order valence-electron chi connectivity index (χ1n) is 4.61. The normalized spacial score (nSPS) is 11.5. The fraction of sp³-hybridized carbons (Fsp3) is 0.455. The van der Waals surface area contributed by atoms with Crippen LogP contribution in [0.2, 0.25) is 0 Å². The van der Waals surface area contributed by atoms with Crippen molar-refractivity contribution in [3.8, 4) is 0 Å². The summed E-state index contributed by atoms with van der Waals surface area (Å²) in [6.45, 7) is 6.15. The van der Waals surface area contributed by atoms with Gasteiger partial charge in [0.25, 0.3) is 0 Å². The van der Waals surface area contributed by atoms with Crippen LogP contribution in [0.1, 0.15) is 19.4 Å². The average molecular weight is 258 g/mol. The van der Waals surface area contributed by atoms with Crippen molar-refractivity contribution < 1.29 is 5.11 Å². The molecule has 0 fully saturated rings. The van der Waals surface area contributed by atoms with Crippen LogP contribution in [0.3, 0.4) is 0 Å². The van der Waals surface area contributed by atoms with Gasteiger partial charge in [-0.15, -0.1) is 0 Å². The van der Waals surface area contributed by atoms with Crippen molar-refractivity contribution in [1.82, 2.24) is 0 Å². The maximum absolute atomic E-state index is 9.56. The SMILES string of the molecule is Cc1c(Br)cccc1NCC(C)(C)O. The van der Waals surface area contributed by atoms with E-state index in [0.29, 0.717) is 6.54 Å². The smallest absolute Gasteiger partial charge is 0.0763 e. The lowest BCUT2D eigenvalue weighted by Crippen LogP contribution is -2.29. The predicted molar refractivity (Wildman–Crippen MR) is 63.7 cm³/mol. The number of nitrogens with one attached hydrogen (secondary N) is 1. The fourth-order valence-corrected chi connectivity index (χ4v) is 1.48. The maximum Gasteiger partial charge on any atom is 0.0763 e. The third-order valence-electron chi connectivity index (χ3n) is 1.98. The van der Waals surface area contributed by atoms with Crippen LogP contribution in [-0.2, 0) is 0 Å². The monoisotopic (exact) mass is 257 g/mol. The number of aliphatic hydroxyl groups is 1. The molecule has 0 spiro atoms. The van der Waals surface area contributed by atoms with E-state index in [4.69, 9.17) is 0 Å². The van der Waals surface area contributed by atoms with Crippen LogP contribution < -0.4 is 5.32 Å². The van der Waals surface area contributed by atoms with Gasteiger partial charge in [-0.05, 0) is 38.5 Å². The van der Waals surface area contributed by atoms with E-state index in [9.17, 15) is 5.11 Å². The molecule has 0 saturated heterocycles. The molecule has 3 heteroatoms. The van der Waals surface area contributed by atoms with E-state index in [1.54, 1.807) is 13.8 Å². The molecule has 0 amide bonds. The van der Waals surface area contributed by atoms with E-state index in [2.05, 4.69) is 21.2 Å². The fourth-order valence-electron chi connectivity index (χ4n) is 1.11. The van der Waals surface area contributed by atoms with E-state index < -0.39 is 5.60 Å². The van der Waals surface area contributed by atoms with Crippen LogP contribution in [0.5, 0.6) is 0 Å². The quantitative estimate of drug-likeness (QED) is 0.873. The number of halogens is 1. The molecule has 2 N–H and O–H groups in total. The summed E-state index contributed by atoms with van der Waals surface area (Å²) in [7, 11) is 0. The van der Waals surface area contributed by atoms with Crippen molar-refractivity contribution in [3.63, 3.8) is 0 Å². The van der Waals surface area contributed by atoms with Crippen LogP contribution in [-0.4, -0.2) is 17.3 Å². The molecule has 2 nitrogen and oxygen atoms in total. The zero-order chi connectivity index (χ0) is 10.8. The van der Waals surface area contributed by atoms with Crippen molar-refractivity contribution in [1.29, 1.82) is 0 Å². The number of rotatable bonds is 3. The van der Waals surface area contributed by atoms with Gasteiger partial charge in [-0.1, -0.05) is 22.0 Å². The number of hydrogen-bond donors (Lipinski definition) is 2. The Bertz CT molecular complexity index is 318. The molecule has 0 bridgehead atoms. The Hall–Kier alpha value is -0.540. The summed E-state index contributed by atoms with van der Waals surface area (Å²) in [5.41, 5.74) is 1.53. The van der Waals surface area contributed by atoms with Gasteiger partial charge in [-0.3, -0.25) is 0 Å². The minimum absolute atomic E-state index is 0.546. The van der Waals surface area contributed by atoms with E-state index in [1.165, 1.54) is 0 Å². The highest BCUT2D eigenvalue weighted by Crippen LogP contribution is 2.23. The van der Waals surface area contributed by atoms with Gasteiger partial charge in [0.05, 0.1) is 5.60 Å². The van der Waals surface area contributed by atoms with Gasteiger partial charge in [0, 0.05) is 16.7 Å². The number of anilines is 1. The van der Waals surface area contributed by atoms with Crippen LogP contribution in [0.25, 0.3) is 0 Å². The molecule has 0 aliphatic carbocycles. The molecule has 0 aliphatic rings. The van der Waals surface area contributed by atoms with Crippen molar-refractivity contribution in [2.75, 3.05) is 11.9 Å². The first-order valence-corrected chi connectivity index (χ1v) is 5.41. The first-order chi connectivity index (χ1) is 6.40. The standard InChI is InChI=1S/C11H16BrNO/c1-8-9(12)5-4-6-10(8)13-7-11(2,3)14/h4-6,13-14H,7H2,1-3H3. The largest absolute Gasteiger partial charge is 0.389 e. The molecule has 0 radical (unpaired) electrons. The molecule has 0 aliphatic heterocycles. The molecule has 0 unspecified atom stereocenters. The van der Waals surface area contributed by atoms with E-state index >= 15 is 0 Å². The Morgan fingerprint density at radius 2 is 2.07 bits per heavy atom. The van der Waals surface area contributed by atoms with Crippen LogP contribution in [0.15, 0.2) is 22.7 Å². The Balaban J connectivity index is 2.73. The molecule has 0 heterocycles. The first kappa shape index (κ1) is 11.5. The van der Waals surface area contributed by atoms with E-state index in [1.807, 2.05) is 25.1 Å². The van der Waals surface area contributed by atoms with Gasteiger partial charge in [0.15, 0.2) is 0 Å². The van der Waals surface area contributed by atoms with E-state index in [-0.39, 0.29) is 0 Å². The molecule has 0 saturated carbocycles. The van der Waals surface area contributed by atoms with Crippen LogP contribution in [0.4, 0.5) is 5.69 Å². The second-order valence-corrected chi connectivity index (χ2v) is 4.93. The topological polar surface area (TPSA) is 32.3 Å². The molecule has 1 aromatic carbocycles. The van der Waals surface area contributed by atoms with Crippen molar-refractivity contribution in [2.45, 2.75) is 26.4 Å². The molecule has 0 aromatic heterocycles. The summed E-state index contributed by atoms with van der Waals surface area (Å²) in [6.07, 6.45) is 0. The Morgan fingerprint density at radius 3 is 2.64 bits per heavy atom. The second-order valence-electron chi connectivity index (χ2n) is 4.08. The van der Waals surface area contributed by atoms with E-state index in [0.717, 1.165) is 15.7 Å². The molecular weight excluding hydrogens is 242 g/mol. The number of benzene rings is 1. The molecular formula is C11H16BrNO. The zero-order valence-corrected chi connectivity index (χ0v) is 10.4. The summed E-state index contributed by atoms with van der Waals surface area (Å²) >= 11 is 3.46. The van der Waals surface area contributed by atoms with Gasteiger partial charge in [0.1, 0.15) is 0 Å². The Morgan fingerprint density at radius 1 is 1.43 bits per heavy atom. The summed E-state index contributed by atoms with van der Waals surface area (Å²) in [6, 6.07) is 5.99. The highest BCUT2D eigenvalue weighted by Gasteiger charge is 2.12. The summed E-state index contributed by atoms with van der Waals surface area (Å²) in [4.78, 5) is 0. The van der Waals surface area contributed by atoms with Crippen LogP contribution >= 0.6 is 15.9 Å². The lowest BCUT2D eigenvalue weighted by Gasteiger charge is -2.19. The predicted octanol–water partition coefficient (Wildman–Crippen LogP) is 2.94. The maximum atomic E-state index is 9.56. The highest BCUT2D eigenvalue weighted by atomic mass is 79.9. The summed E-state index contributed by atoms with van der Waals surface area (Å²) < 4.78 is 1.08. The second kappa shape index (κ2) is 4.32. The summed E-state index contributed by atoms with van der Waals surface area (Å²) in [5, 5.41) is 12.8. The molecule has 1 aromatic rings. The van der Waals surface area contributed by atoms with Gasteiger partial charge < -0.3 is 10.4 Å². The van der Waals surface area contributed by atoms with Gasteiger partial charge in [-0.25, -0.2) is 0 Å². The van der Waals surface area contributed by atoms with Gasteiger partial charge >= 0.3 is 0 Å². The number of hydrogen-bond acceptors (Lipinski definition) is 2. The highest BCUT2D eigenvalue weighted by molar-refractivity contribution is 9.10. The van der Waals surface area contributed by atoms with Crippen molar-refractivity contribution >= 4 is 21.6 Å². The minimum Gasteiger partial charge on any atom is -0.389 e. The van der Waals surface area contributed by atoms with Crippen molar-refractivity contribution in [2.24, 2.45) is 0 Å².